The first-order valence-corrected chi connectivity index (χ1v) is 9.39. The van der Waals surface area contributed by atoms with Gasteiger partial charge in [-0.15, -0.1) is 0 Å². The van der Waals surface area contributed by atoms with Crippen LogP contribution in [-0.2, 0) is 16.1 Å². The number of hydrogen-bond acceptors (Lipinski definition) is 5. The Morgan fingerprint density at radius 2 is 2.15 bits per heavy atom. The van der Waals surface area contributed by atoms with Gasteiger partial charge in [0.25, 0.3) is 5.56 Å². The highest BCUT2D eigenvalue weighted by atomic mass is 32.2. The number of fused-ring (bicyclic) bond motifs is 1. The van der Waals surface area contributed by atoms with Crippen LogP contribution in [0.3, 0.4) is 0 Å². The third-order valence-corrected chi connectivity index (χ3v) is 5.03. The molecule has 0 bridgehead atoms. The second-order valence-corrected chi connectivity index (χ2v) is 7.09. The zero-order valence-corrected chi connectivity index (χ0v) is 15.1. The van der Waals surface area contributed by atoms with Gasteiger partial charge in [0.05, 0.1) is 29.3 Å². The summed E-state index contributed by atoms with van der Waals surface area (Å²) < 4.78 is 43.6. The third-order valence-electron chi connectivity index (χ3n) is 4.06. The van der Waals surface area contributed by atoms with Crippen LogP contribution in [-0.4, -0.2) is 46.6 Å². The summed E-state index contributed by atoms with van der Waals surface area (Å²) in [6, 6.07) is 6.82. The molecule has 1 amide bonds. The highest BCUT2D eigenvalue weighted by molar-refractivity contribution is 7.99. The SMILES string of the molecule is O=C(CSc1nc2ccccc2c(=O)n1CC1CCCO1)NCC(F)(F)F. The number of nitrogens with zero attached hydrogens (tertiary/aromatic N) is 2. The Hall–Kier alpha value is -2.07. The molecular weight excluding hydrogens is 383 g/mol. The van der Waals surface area contributed by atoms with Crippen molar-refractivity contribution in [2.24, 2.45) is 0 Å². The van der Waals surface area contributed by atoms with E-state index in [1.165, 1.54) is 4.57 Å². The largest absolute Gasteiger partial charge is 0.405 e. The summed E-state index contributed by atoms with van der Waals surface area (Å²) in [4.78, 5) is 29.0. The molecular formula is C17H18F3N3O3S. The van der Waals surface area contributed by atoms with Crippen molar-refractivity contribution in [3.05, 3.63) is 34.6 Å². The molecule has 3 rings (SSSR count). The van der Waals surface area contributed by atoms with E-state index < -0.39 is 18.6 Å². The van der Waals surface area contributed by atoms with Gasteiger partial charge in [0, 0.05) is 6.61 Å². The lowest BCUT2D eigenvalue weighted by Gasteiger charge is -2.16. The minimum atomic E-state index is -4.47. The van der Waals surface area contributed by atoms with Gasteiger partial charge in [-0.25, -0.2) is 4.98 Å². The fourth-order valence-corrected chi connectivity index (χ4v) is 3.63. The minimum Gasteiger partial charge on any atom is -0.376 e. The molecule has 1 aromatic heterocycles. The Morgan fingerprint density at radius 1 is 1.37 bits per heavy atom. The zero-order chi connectivity index (χ0) is 19.4. The predicted molar refractivity (Wildman–Crippen MR) is 94.8 cm³/mol. The van der Waals surface area contributed by atoms with Crippen molar-refractivity contribution in [3.8, 4) is 0 Å². The summed E-state index contributed by atoms with van der Waals surface area (Å²) in [5.74, 6) is -1.05. The van der Waals surface area contributed by atoms with Crippen LogP contribution in [0.2, 0.25) is 0 Å². The molecule has 10 heteroatoms. The van der Waals surface area contributed by atoms with Gasteiger partial charge in [0.15, 0.2) is 5.16 Å². The number of thioether (sulfide) groups is 1. The smallest absolute Gasteiger partial charge is 0.376 e. The van der Waals surface area contributed by atoms with E-state index in [9.17, 15) is 22.8 Å². The molecule has 27 heavy (non-hydrogen) atoms. The van der Waals surface area contributed by atoms with Crippen molar-refractivity contribution in [2.45, 2.75) is 36.8 Å². The summed E-state index contributed by atoms with van der Waals surface area (Å²) in [6.07, 6.45) is -2.87. The molecule has 0 spiro atoms. The Balaban J connectivity index is 1.81. The molecule has 0 saturated carbocycles. The molecule has 0 radical (unpaired) electrons. The van der Waals surface area contributed by atoms with Gasteiger partial charge in [-0.05, 0) is 25.0 Å². The molecule has 146 valence electrons. The Bertz CT molecular complexity index is 879. The van der Waals surface area contributed by atoms with Crippen molar-refractivity contribution < 1.29 is 22.7 Å². The molecule has 1 aromatic carbocycles. The van der Waals surface area contributed by atoms with Crippen molar-refractivity contribution in [1.29, 1.82) is 0 Å². The molecule has 1 saturated heterocycles. The number of rotatable bonds is 6. The van der Waals surface area contributed by atoms with E-state index in [0.29, 0.717) is 24.1 Å². The second kappa shape index (κ2) is 8.30. The van der Waals surface area contributed by atoms with E-state index in [1.807, 2.05) is 5.32 Å². The molecule has 6 nitrogen and oxygen atoms in total. The molecule has 0 aliphatic carbocycles. The summed E-state index contributed by atoms with van der Waals surface area (Å²) in [7, 11) is 0. The van der Waals surface area contributed by atoms with Crippen molar-refractivity contribution in [2.75, 3.05) is 18.9 Å². The lowest BCUT2D eigenvalue weighted by Crippen LogP contribution is -2.35. The van der Waals surface area contributed by atoms with E-state index >= 15 is 0 Å². The minimum absolute atomic E-state index is 0.121. The topological polar surface area (TPSA) is 73.2 Å². The van der Waals surface area contributed by atoms with Crippen LogP contribution in [0.15, 0.2) is 34.2 Å². The molecule has 2 aromatic rings. The first kappa shape index (κ1) is 19.7. The third kappa shape index (κ3) is 5.23. The van der Waals surface area contributed by atoms with E-state index in [0.717, 1.165) is 24.6 Å². The van der Waals surface area contributed by atoms with Crippen LogP contribution in [0.5, 0.6) is 0 Å². The Kier molecular flexibility index (Phi) is 6.05. The number of carbonyl (C=O) groups is 1. The molecule has 1 aliphatic rings. The molecule has 1 unspecified atom stereocenters. The number of hydrogen-bond donors (Lipinski definition) is 1. The maximum absolute atomic E-state index is 12.8. The van der Waals surface area contributed by atoms with Gasteiger partial charge in [-0.1, -0.05) is 23.9 Å². The lowest BCUT2D eigenvalue weighted by molar-refractivity contribution is -0.136. The van der Waals surface area contributed by atoms with Crippen LogP contribution < -0.4 is 10.9 Å². The van der Waals surface area contributed by atoms with Gasteiger partial charge in [0.1, 0.15) is 6.54 Å². The summed E-state index contributed by atoms with van der Waals surface area (Å²) in [6.45, 7) is -0.466. The number of benzene rings is 1. The number of alkyl halides is 3. The predicted octanol–water partition coefficient (Wildman–Crippen LogP) is 2.35. The quantitative estimate of drug-likeness (QED) is 0.594. The average Bonchev–Trinajstić information content (AvgIpc) is 3.13. The maximum atomic E-state index is 12.8. The average molecular weight is 401 g/mol. The highest BCUT2D eigenvalue weighted by Crippen LogP contribution is 2.21. The number of carbonyl (C=O) groups excluding carboxylic acids is 1. The first-order valence-electron chi connectivity index (χ1n) is 8.41. The number of para-hydroxylation sites is 1. The van der Waals surface area contributed by atoms with Gasteiger partial charge in [-0.3, -0.25) is 14.2 Å². The zero-order valence-electron chi connectivity index (χ0n) is 14.3. The molecule has 1 fully saturated rings. The van der Waals surface area contributed by atoms with Crippen LogP contribution in [0.4, 0.5) is 13.2 Å². The Morgan fingerprint density at radius 3 is 2.85 bits per heavy atom. The number of ether oxygens (including phenoxy) is 1. The van der Waals surface area contributed by atoms with E-state index in [1.54, 1.807) is 24.3 Å². The van der Waals surface area contributed by atoms with E-state index in [-0.39, 0.29) is 22.6 Å². The normalized spacial score (nSPS) is 17.4. The number of nitrogens with one attached hydrogen (secondary N) is 1. The number of halogens is 3. The van der Waals surface area contributed by atoms with Crippen LogP contribution in [0, 0.1) is 0 Å². The number of amides is 1. The second-order valence-electron chi connectivity index (χ2n) is 6.14. The van der Waals surface area contributed by atoms with Gasteiger partial charge >= 0.3 is 6.18 Å². The highest BCUT2D eigenvalue weighted by Gasteiger charge is 2.28. The fourth-order valence-electron chi connectivity index (χ4n) is 2.79. The summed E-state index contributed by atoms with van der Waals surface area (Å²) >= 11 is 0.935. The molecule has 1 N–H and O–H groups in total. The van der Waals surface area contributed by atoms with Crippen LogP contribution in [0.1, 0.15) is 12.8 Å². The Labute approximate surface area is 157 Å². The molecule has 1 atom stereocenters. The molecule has 2 heterocycles. The fraction of sp³-hybridized carbons (Fsp3) is 0.471. The first-order chi connectivity index (χ1) is 12.8. The van der Waals surface area contributed by atoms with Crippen molar-refractivity contribution in [3.63, 3.8) is 0 Å². The van der Waals surface area contributed by atoms with Gasteiger partial charge < -0.3 is 10.1 Å². The molecule has 1 aliphatic heterocycles. The van der Waals surface area contributed by atoms with Gasteiger partial charge in [-0.2, -0.15) is 13.2 Å². The standard InChI is InChI=1S/C17H18F3N3O3S/c18-17(19,20)10-21-14(24)9-27-16-22-13-6-2-1-5-12(13)15(25)23(16)8-11-4-3-7-26-11/h1-2,5-6,11H,3-4,7-10H2,(H,21,24). The number of aromatic nitrogens is 2. The van der Waals surface area contributed by atoms with Gasteiger partial charge in [0.2, 0.25) is 5.91 Å². The summed E-state index contributed by atoms with van der Waals surface area (Å²) in [5, 5.41) is 2.55. The van der Waals surface area contributed by atoms with Crippen molar-refractivity contribution in [1.82, 2.24) is 14.9 Å². The lowest BCUT2D eigenvalue weighted by atomic mass is 10.2. The van der Waals surface area contributed by atoms with Crippen LogP contribution in [0.25, 0.3) is 10.9 Å². The van der Waals surface area contributed by atoms with E-state index in [4.69, 9.17) is 4.74 Å². The maximum Gasteiger partial charge on any atom is 0.405 e. The monoisotopic (exact) mass is 401 g/mol. The van der Waals surface area contributed by atoms with Crippen LogP contribution >= 0.6 is 11.8 Å². The van der Waals surface area contributed by atoms with E-state index in [2.05, 4.69) is 4.98 Å². The van der Waals surface area contributed by atoms with Crippen molar-refractivity contribution >= 4 is 28.6 Å². The summed E-state index contributed by atoms with van der Waals surface area (Å²) in [5.41, 5.74) is 0.221.